The molecule has 0 atom stereocenters. The number of esters is 2. The van der Waals surface area contributed by atoms with Crippen LogP contribution in [0.5, 0.6) is 0 Å². The summed E-state index contributed by atoms with van der Waals surface area (Å²) in [4.78, 5) is 32.8. The Balaban J connectivity index is 2.76. The normalized spacial score (nSPS) is 10.0. The van der Waals surface area contributed by atoms with Crippen molar-refractivity contribution in [1.29, 1.82) is 0 Å². The zero-order chi connectivity index (χ0) is 15.1. The summed E-state index contributed by atoms with van der Waals surface area (Å²) in [6.45, 7) is 4.19. The van der Waals surface area contributed by atoms with E-state index >= 15 is 0 Å². The van der Waals surface area contributed by atoms with Gasteiger partial charge in [0.2, 0.25) is 5.95 Å². The second-order valence-corrected chi connectivity index (χ2v) is 4.14. The summed E-state index contributed by atoms with van der Waals surface area (Å²) in [5, 5.41) is 0. The third kappa shape index (κ3) is 4.18. The summed E-state index contributed by atoms with van der Waals surface area (Å²) in [7, 11) is 3.11. The number of carbonyl (C=O) groups excluding carboxylic acids is 2. The summed E-state index contributed by atoms with van der Waals surface area (Å²) in [6.07, 6.45) is 1.68. The summed E-state index contributed by atoms with van der Waals surface area (Å²) in [5.74, 6) is -0.287. The molecule has 0 spiro atoms. The number of aromatic nitrogens is 2. The fraction of sp³-hybridized carbons (Fsp3) is 0.538. The molecule has 0 saturated carbocycles. The van der Waals surface area contributed by atoms with Crippen molar-refractivity contribution in [2.75, 3.05) is 32.2 Å². The van der Waals surface area contributed by atoms with E-state index in [0.29, 0.717) is 30.4 Å². The quantitative estimate of drug-likeness (QED) is 0.718. The molecule has 0 aliphatic carbocycles. The highest BCUT2D eigenvalue weighted by molar-refractivity contribution is 5.90. The number of rotatable bonds is 6. The molecular weight excluding hydrogens is 262 g/mol. The first-order valence-electron chi connectivity index (χ1n) is 6.28. The summed E-state index contributed by atoms with van der Waals surface area (Å²) in [5.41, 5.74) is 0.885. The van der Waals surface area contributed by atoms with Gasteiger partial charge >= 0.3 is 11.9 Å². The van der Waals surface area contributed by atoms with Gasteiger partial charge in [-0.1, -0.05) is 0 Å². The molecule has 7 heteroatoms. The van der Waals surface area contributed by atoms with E-state index in [1.807, 2.05) is 0 Å². The third-order valence-corrected chi connectivity index (χ3v) is 2.68. The molecular formula is C13H19N3O4. The number of anilines is 1. The lowest BCUT2D eigenvalue weighted by Gasteiger charge is -2.17. The lowest BCUT2D eigenvalue weighted by molar-refractivity contribution is -0.140. The fourth-order valence-electron chi connectivity index (χ4n) is 1.51. The molecule has 7 nitrogen and oxygen atoms in total. The van der Waals surface area contributed by atoms with Crippen molar-refractivity contribution >= 4 is 17.9 Å². The predicted octanol–water partition coefficient (Wildman–Crippen LogP) is 0.961. The molecule has 0 aliphatic rings. The number of hydrogen-bond acceptors (Lipinski definition) is 7. The van der Waals surface area contributed by atoms with Gasteiger partial charge in [0, 0.05) is 19.8 Å². The molecule has 0 amide bonds. The van der Waals surface area contributed by atoms with Crippen molar-refractivity contribution in [2.45, 2.75) is 20.3 Å². The van der Waals surface area contributed by atoms with E-state index in [2.05, 4.69) is 14.7 Å². The standard InChI is InChI=1S/C13H19N3O4/c1-5-20-12(18)10-8-14-13(15-9(10)2)16(3)7-6-11(17)19-4/h8H,5-7H2,1-4H3. The van der Waals surface area contributed by atoms with Crippen LogP contribution in [-0.2, 0) is 14.3 Å². The first kappa shape index (κ1) is 15.9. The van der Waals surface area contributed by atoms with Crippen molar-refractivity contribution < 1.29 is 19.1 Å². The van der Waals surface area contributed by atoms with Crippen LogP contribution < -0.4 is 4.90 Å². The van der Waals surface area contributed by atoms with Gasteiger partial charge in [0.05, 0.1) is 31.4 Å². The van der Waals surface area contributed by atoms with Gasteiger partial charge in [-0.15, -0.1) is 0 Å². The molecule has 1 aromatic rings. The number of hydrogen-bond donors (Lipinski definition) is 0. The van der Waals surface area contributed by atoms with E-state index in [9.17, 15) is 9.59 Å². The molecule has 0 aromatic carbocycles. The maximum atomic E-state index is 11.6. The first-order valence-corrected chi connectivity index (χ1v) is 6.28. The van der Waals surface area contributed by atoms with Gasteiger partial charge in [0.25, 0.3) is 0 Å². The van der Waals surface area contributed by atoms with Crippen LogP contribution in [0, 0.1) is 6.92 Å². The van der Waals surface area contributed by atoms with E-state index in [4.69, 9.17) is 4.74 Å². The Kier molecular flexibility index (Phi) is 5.89. The lowest BCUT2D eigenvalue weighted by atomic mass is 10.2. The van der Waals surface area contributed by atoms with Crippen LogP contribution in [0.3, 0.4) is 0 Å². The highest BCUT2D eigenvalue weighted by Crippen LogP contribution is 2.11. The van der Waals surface area contributed by atoms with Crippen LogP contribution in [0.15, 0.2) is 6.20 Å². The molecule has 0 N–H and O–H groups in total. The molecule has 0 aliphatic heterocycles. The van der Waals surface area contributed by atoms with E-state index in [1.165, 1.54) is 13.3 Å². The molecule has 1 heterocycles. The molecule has 1 rings (SSSR count). The van der Waals surface area contributed by atoms with E-state index in [1.54, 1.807) is 25.8 Å². The van der Waals surface area contributed by atoms with E-state index in [-0.39, 0.29) is 12.4 Å². The lowest BCUT2D eigenvalue weighted by Crippen LogP contribution is -2.24. The highest BCUT2D eigenvalue weighted by Gasteiger charge is 2.14. The van der Waals surface area contributed by atoms with Gasteiger partial charge in [-0.3, -0.25) is 4.79 Å². The maximum absolute atomic E-state index is 11.6. The van der Waals surface area contributed by atoms with Crippen LogP contribution in [0.4, 0.5) is 5.95 Å². The SMILES string of the molecule is CCOC(=O)c1cnc(N(C)CCC(=O)OC)nc1C. The monoisotopic (exact) mass is 281 g/mol. The maximum Gasteiger partial charge on any atom is 0.341 e. The van der Waals surface area contributed by atoms with E-state index in [0.717, 1.165) is 0 Å². The second-order valence-electron chi connectivity index (χ2n) is 4.14. The Morgan fingerprint density at radius 1 is 1.40 bits per heavy atom. The van der Waals surface area contributed by atoms with Crippen molar-refractivity contribution in [3.05, 3.63) is 17.5 Å². The fourth-order valence-corrected chi connectivity index (χ4v) is 1.51. The molecule has 0 radical (unpaired) electrons. The second kappa shape index (κ2) is 7.42. The van der Waals surface area contributed by atoms with Crippen LogP contribution in [-0.4, -0.2) is 49.2 Å². The number of aryl methyl sites for hydroxylation is 1. The number of methoxy groups -OCH3 is 1. The van der Waals surface area contributed by atoms with Crippen LogP contribution in [0.1, 0.15) is 29.4 Å². The zero-order valence-electron chi connectivity index (χ0n) is 12.2. The van der Waals surface area contributed by atoms with Crippen LogP contribution in [0.25, 0.3) is 0 Å². The minimum absolute atomic E-state index is 0.245. The first-order chi connectivity index (χ1) is 9.49. The Morgan fingerprint density at radius 2 is 2.10 bits per heavy atom. The predicted molar refractivity (Wildman–Crippen MR) is 72.6 cm³/mol. The average Bonchev–Trinajstić information content (AvgIpc) is 2.44. The summed E-state index contributed by atoms with van der Waals surface area (Å²) < 4.78 is 9.48. The van der Waals surface area contributed by atoms with Crippen molar-refractivity contribution in [3.8, 4) is 0 Å². The van der Waals surface area contributed by atoms with Gasteiger partial charge in [0.1, 0.15) is 0 Å². The molecule has 110 valence electrons. The van der Waals surface area contributed by atoms with Crippen LogP contribution >= 0.6 is 0 Å². The molecule has 0 fully saturated rings. The van der Waals surface area contributed by atoms with Crippen molar-refractivity contribution in [3.63, 3.8) is 0 Å². The van der Waals surface area contributed by atoms with Gasteiger partial charge in [-0.2, -0.15) is 0 Å². The van der Waals surface area contributed by atoms with Gasteiger partial charge in [-0.25, -0.2) is 14.8 Å². The highest BCUT2D eigenvalue weighted by atomic mass is 16.5. The Morgan fingerprint density at radius 3 is 2.65 bits per heavy atom. The molecule has 1 aromatic heterocycles. The Hall–Kier alpha value is -2.18. The Bertz CT molecular complexity index is 491. The Labute approximate surface area is 117 Å². The van der Waals surface area contributed by atoms with Crippen molar-refractivity contribution in [1.82, 2.24) is 9.97 Å². The summed E-state index contributed by atoms with van der Waals surface area (Å²) in [6, 6.07) is 0. The molecule has 0 bridgehead atoms. The van der Waals surface area contributed by atoms with Gasteiger partial charge < -0.3 is 14.4 Å². The smallest absolute Gasteiger partial charge is 0.341 e. The molecule has 0 unspecified atom stereocenters. The number of nitrogens with zero attached hydrogens (tertiary/aromatic N) is 3. The average molecular weight is 281 g/mol. The van der Waals surface area contributed by atoms with Crippen molar-refractivity contribution in [2.24, 2.45) is 0 Å². The topological polar surface area (TPSA) is 81.6 Å². The van der Waals surface area contributed by atoms with Gasteiger partial charge in [0.15, 0.2) is 0 Å². The largest absolute Gasteiger partial charge is 0.469 e. The molecule has 0 saturated heterocycles. The molecule has 20 heavy (non-hydrogen) atoms. The minimum Gasteiger partial charge on any atom is -0.469 e. The third-order valence-electron chi connectivity index (χ3n) is 2.68. The zero-order valence-corrected chi connectivity index (χ0v) is 12.2. The summed E-state index contributed by atoms with van der Waals surface area (Å²) >= 11 is 0. The van der Waals surface area contributed by atoms with Crippen LogP contribution in [0.2, 0.25) is 0 Å². The minimum atomic E-state index is -0.436. The number of ether oxygens (including phenoxy) is 2. The van der Waals surface area contributed by atoms with Gasteiger partial charge in [-0.05, 0) is 13.8 Å². The van der Waals surface area contributed by atoms with E-state index < -0.39 is 5.97 Å². The number of carbonyl (C=O) groups is 2.